The molecule has 3 aromatic heterocycles. The summed E-state index contributed by atoms with van der Waals surface area (Å²) in [5.74, 6) is 0. The van der Waals surface area contributed by atoms with Gasteiger partial charge in [0.2, 0.25) is 0 Å². The van der Waals surface area contributed by atoms with Crippen molar-refractivity contribution in [2.24, 2.45) is 0 Å². The Balaban J connectivity index is 1.81. The second-order valence-corrected chi connectivity index (χ2v) is 7.03. The number of fused-ring (bicyclic) bond motifs is 1. The van der Waals surface area contributed by atoms with Gasteiger partial charge in [-0.1, -0.05) is 0 Å². The van der Waals surface area contributed by atoms with E-state index in [4.69, 9.17) is 0 Å². The first kappa shape index (κ1) is 15.4. The molecule has 122 valence electrons. The van der Waals surface area contributed by atoms with Crippen LogP contribution in [0.15, 0.2) is 40.7 Å². The van der Waals surface area contributed by atoms with Crippen LogP contribution in [0.2, 0.25) is 0 Å². The first-order valence-electron chi connectivity index (χ1n) is 6.96. The Morgan fingerprint density at radius 2 is 2.17 bits per heavy atom. The van der Waals surface area contributed by atoms with Crippen molar-refractivity contribution in [3.8, 4) is 0 Å². The maximum absolute atomic E-state index is 12.2. The minimum Gasteiger partial charge on any atom is -0.334 e. The molecule has 0 aliphatic heterocycles. The van der Waals surface area contributed by atoms with Crippen molar-refractivity contribution < 1.29 is 8.42 Å². The molecule has 0 radical (unpaired) electrons. The molecule has 0 aliphatic carbocycles. The smallest absolute Gasteiger partial charge is 0.272 e. The molecule has 3 aromatic rings. The molecule has 0 bridgehead atoms. The molecule has 2 N–H and O–H groups in total. The third-order valence-corrected chi connectivity index (χ3v) is 4.61. The van der Waals surface area contributed by atoms with Crippen LogP contribution in [0.4, 0.5) is 0 Å². The standard InChI is InChI=1S/C13H16N6O3S/c1-9(2)18-7-12(14-8-18)23(21,22)16-6-10-5-13(20)19-11(17-10)3-4-15-19/h3-5,7-9,15-16H,6H2,1-2H3. The van der Waals surface area contributed by atoms with E-state index < -0.39 is 10.0 Å². The Morgan fingerprint density at radius 3 is 2.87 bits per heavy atom. The summed E-state index contributed by atoms with van der Waals surface area (Å²) >= 11 is 0. The van der Waals surface area contributed by atoms with Gasteiger partial charge in [0.25, 0.3) is 15.6 Å². The topological polar surface area (TPSA) is 114 Å². The van der Waals surface area contributed by atoms with E-state index in [1.807, 2.05) is 13.8 Å². The Hall–Kier alpha value is -2.46. The number of hydrogen-bond acceptors (Lipinski definition) is 5. The first-order valence-corrected chi connectivity index (χ1v) is 8.44. The van der Waals surface area contributed by atoms with Crippen LogP contribution >= 0.6 is 0 Å². The predicted molar refractivity (Wildman–Crippen MR) is 82.5 cm³/mol. The molecule has 10 heteroatoms. The number of aromatic amines is 1. The molecule has 3 heterocycles. The molecular weight excluding hydrogens is 320 g/mol. The van der Waals surface area contributed by atoms with Gasteiger partial charge in [-0.05, 0) is 13.8 Å². The zero-order valence-electron chi connectivity index (χ0n) is 12.6. The normalized spacial score (nSPS) is 12.3. The van der Waals surface area contributed by atoms with Crippen LogP contribution in [0, 0.1) is 0 Å². The Morgan fingerprint density at radius 1 is 1.39 bits per heavy atom. The van der Waals surface area contributed by atoms with Gasteiger partial charge in [0.15, 0.2) is 10.7 Å². The maximum Gasteiger partial charge on any atom is 0.272 e. The number of sulfonamides is 1. The molecule has 9 nitrogen and oxygen atoms in total. The fraction of sp³-hybridized carbons (Fsp3) is 0.308. The second-order valence-electron chi connectivity index (χ2n) is 5.32. The van der Waals surface area contributed by atoms with Gasteiger partial charge < -0.3 is 4.57 Å². The monoisotopic (exact) mass is 336 g/mol. The maximum atomic E-state index is 12.2. The van der Waals surface area contributed by atoms with Crippen LogP contribution in [0.5, 0.6) is 0 Å². The molecule has 0 saturated carbocycles. The molecule has 0 saturated heterocycles. The lowest BCUT2D eigenvalue weighted by Crippen LogP contribution is -2.25. The average Bonchev–Trinajstić information content (AvgIpc) is 3.14. The highest BCUT2D eigenvalue weighted by Gasteiger charge is 2.18. The minimum absolute atomic E-state index is 0.0642. The molecule has 0 spiro atoms. The number of aromatic nitrogens is 5. The van der Waals surface area contributed by atoms with Crippen LogP contribution in [0.3, 0.4) is 0 Å². The summed E-state index contributed by atoms with van der Waals surface area (Å²) < 4.78 is 29.8. The summed E-state index contributed by atoms with van der Waals surface area (Å²) in [6.07, 6.45) is 4.51. The molecular formula is C13H16N6O3S. The lowest BCUT2D eigenvalue weighted by Gasteiger charge is -2.05. The van der Waals surface area contributed by atoms with Gasteiger partial charge in [0, 0.05) is 30.6 Å². The second kappa shape index (κ2) is 5.63. The highest BCUT2D eigenvalue weighted by Crippen LogP contribution is 2.10. The molecule has 23 heavy (non-hydrogen) atoms. The molecule has 3 rings (SSSR count). The van der Waals surface area contributed by atoms with Gasteiger partial charge in [-0.2, -0.15) is 0 Å². The van der Waals surface area contributed by atoms with Crippen molar-refractivity contribution in [1.82, 2.24) is 28.9 Å². The van der Waals surface area contributed by atoms with E-state index >= 15 is 0 Å². The number of nitrogens with one attached hydrogen (secondary N) is 2. The van der Waals surface area contributed by atoms with E-state index in [0.717, 1.165) is 0 Å². The number of nitrogens with zero attached hydrogens (tertiary/aromatic N) is 4. The Kier molecular flexibility index (Phi) is 3.78. The van der Waals surface area contributed by atoms with E-state index in [1.165, 1.54) is 23.1 Å². The van der Waals surface area contributed by atoms with Gasteiger partial charge in [0.1, 0.15) is 0 Å². The summed E-state index contributed by atoms with van der Waals surface area (Å²) in [7, 11) is -3.76. The van der Waals surface area contributed by atoms with Gasteiger partial charge in [0.05, 0.1) is 18.6 Å². The molecule has 0 unspecified atom stereocenters. The number of hydrogen-bond donors (Lipinski definition) is 2. The van der Waals surface area contributed by atoms with Crippen molar-refractivity contribution in [1.29, 1.82) is 0 Å². The van der Waals surface area contributed by atoms with E-state index in [0.29, 0.717) is 11.3 Å². The van der Waals surface area contributed by atoms with Crippen LogP contribution in [-0.2, 0) is 16.6 Å². The largest absolute Gasteiger partial charge is 0.334 e. The summed E-state index contributed by atoms with van der Waals surface area (Å²) in [6, 6.07) is 3.02. The van der Waals surface area contributed by atoms with Gasteiger partial charge in [-0.25, -0.2) is 27.6 Å². The molecule has 0 atom stereocenters. The Bertz CT molecular complexity index is 998. The highest BCUT2D eigenvalue weighted by atomic mass is 32.2. The molecule has 0 aromatic carbocycles. The molecule has 0 fully saturated rings. The van der Waals surface area contributed by atoms with Crippen molar-refractivity contribution in [2.45, 2.75) is 31.5 Å². The summed E-state index contributed by atoms with van der Waals surface area (Å²) in [5.41, 5.74) is 0.454. The van der Waals surface area contributed by atoms with Gasteiger partial charge >= 0.3 is 0 Å². The van der Waals surface area contributed by atoms with E-state index in [1.54, 1.807) is 16.8 Å². The third-order valence-electron chi connectivity index (χ3n) is 3.33. The SMILES string of the molecule is CC(C)n1cnc(S(=O)(=O)NCc2cc(=O)n3[nH]ccc3n2)c1. The average molecular weight is 336 g/mol. The lowest BCUT2D eigenvalue weighted by atomic mass is 10.4. The minimum atomic E-state index is -3.76. The lowest BCUT2D eigenvalue weighted by molar-refractivity contribution is 0.575. The summed E-state index contributed by atoms with van der Waals surface area (Å²) in [6.45, 7) is 3.76. The quantitative estimate of drug-likeness (QED) is 0.694. The number of rotatable bonds is 5. The fourth-order valence-corrected chi connectivity index (χ4v) is 2.98. The van der Waals surface area contributed by atoms with Crippen molar-refractivity contribution in [3.63, 3.8) is 0 Å². The third kappa shape index (κ3) is 3.03. The predicted octanol–water partition coefficient (Wildman–Crippen LogP) is 0.279. The Labute approximate surface area is 132 Å². The first-order chi connectivity index (χ1) is 10.9. The zero-order valence-corrected chi connectivity index (χ0v) is 13.4. The van der Waals surface area contributed by atoms with Crippen LogP contribution < -0.4 is 10.3 Å². The highest BCUT2D eigenvalue weighted by molar-refractivity contribution is 7.89. The fourth-order valence-electron chi connectivity index (χ4n) is 2.05. The zero-order chi connectivity index (χ0) is 16.6. The molecule has 0 amide bonds. The van der Waals surface area contributed by atoms with Crippen molar-refractivity contribution in [3.05, 3.63) is 46.9 Å². The van der Waals surface area contributed by atoms with E-state index in [-0.39, 0.29) is 23.2 Å². The summed E-state index contributed by atoms with van der Waals surface area (Å²) in [5, 5.41) is 2.65. The van der Waals surface area contributed by atoms with Crippen molar-refractivity contribution >= 4 is 15.7 Å². The van der Waals surface area contributed by atoms with Gasteiger partial charge in [-0.15, -0.1) is 0 Å². The van der Waals surface area contributed by atoms with Crippen molar-refractivity contribution in [2.75, 3.05) is 0 Å². The number of H-pyrrole nitrogens is 1. The van der Waals surface area contributed by atoms with Crippen LogP contribution in [-0.4, -0.2) is 32.6 Å². The summed E-state index contributed by atoms with van der Waals surface area (Å²) in [4.78, 5) is 19.9. The van der Waals surface area contributed by atoms with Gasteiger partial charge in [-0.3, -0.25) is 9.89 Å². The molecule has 0 aliphatic rings. The van der Waals surface area contributed by atoms with Crippen LogP contribution in [0.1, 0.15) is 25.6 Å². The van der Waals surface area contributed by atoms with E-state index in [2.05, 4.69) is 19.8 Å². The van der Waals surface area contributed by atoms with Crippen LogP contribution in [0.25, 0.3) is 5.65 Å². The van der Waals surface area contributed by atoms with E-state index in [9.17, 15) is 13.2 Å². The number of imidazole rings is 1.